The normalized spacial score (nSPS) is 18.8. The van der Waals surface area contributed by atoms with Crippen molar-refractivity contribution in [3.63, 3.8) is 0 Å². The molecule has 1 amide bonds. The van der Waals surface area contributed by atoms with E-state index < -0.39 is 0 Å². The molecule has 1 fully saturated rings. The maximum Gasteiger partial charge on any atom is 0.251 e. The number of hydrogen-bond acceptors (Lipinski definition) is 2. The zero-order chi connectivity index (χ0) is 12.1. The first-order valence-corrected chi connectivity index (χ1v) is 6.40. The Morgan fingerprint density at radius 3 is 2.67 bits per heavy atom. The number of amides is 1. The molecule has 18 heavy (non-hydrogen) atoms. The molecule has 1 aliphatic rings. The molecule has 1 heterocycles. The fraction of sp³-hybridized carbons (Fsp3) is 0.500. The van der Waals surface area contributed by atoms with Crippen LogP contribution in [0.25, 0.3) is 0 Å². The van der Waals surface area contributed by atoms with E-state index in [1.165, 1.54) is 5.56 Å². The van der Waals surface area contributed by atoms with Crippen LogP contribution in [0.3, 0.4) is 0 Å². The van der Waals surface area contributed by atoms with Crippen molar-refractivity contribution in [2.75, 3.05) is 13.1 Å². The summed E-state index contributed by atoms with van der Waals surface area (Å²) in [6, 6.07) is 8.14. The van der Waals surface area contributed by atoms with Crippen molar-refractivity contribution in [3.05, 3.63) is 35.4 Å². The first-order chi connectivity index (χ1) is 8.29. The van der Waals surface area contributed by atoms with Gasteiger partial charge in [-0.15, -0.1) is 12.4 Å². The Morgan fingerprint density at radius 2 is 2.11 bits per heavy atom. The molecule has 0 unspecified atom stereocenters. The molecule has 0 spiro atoms. The van der Waals surface area contributed by atoms with E-state index in [9.17, 15) is 4.79 Å². The Labute approximate surface area is 115 Å². The molecule has 2 rings (SSSR count). The summed E-state index contributed by atoms with van der Waals surface area (Å²) in [5.74, 6) is 0.0429. The van der Waals surface area contributed by atoms with Gasteiger partial charge < -0.3 is 10.6 Å². The van der Waals surface area contributed by atoms with E-state index in [1.54, 1.807) is 0 Å². The van der Waals surface area contributed by atoms with Crippen LogP contribution in [0.15, 0.2) is 24.3 Å². The summed E-state index contributed by atoms with van der Waals surface area (Å²) in [6.07, 6.45) is 3.22. The fourth-order valence-electron chi connectivity index (χ4n) is 2.14. The quantitative estimate of drug-likeness (QED) is 0.882. The van der Waals surface area contributed by atoms with Gasteiger partial charge in [-0.1, -0.05) is 19.1 Å². The van der Waals surface area contributed by atoms with Crippen molar-refractivity contribution in [1.29, 1.82) is 0 Å². The summed E-state index contributed by atoms with van der Waals surface area (Å²) in [5, 5.41) is 6.37. The minimum Gasteiger partial charge on any atom is -0.348 e. The third kappa shape index (κ3) is 4.00. The zero-order valence-corrected chi connectivity index (χ0v) is 11.6. The molecule has 0 aromatic heterocycles. The van der Waals surface area contributed by atoms with Crippen LogP contribution >= 0.6 is 12.4 Å². The molecule has 1 aromatic rings. The molecular weight excluding hydrogens is 248 g/mol. The summed E-state index contributed by atoms with van der Waals surface area (Å²) >= 11 is 0. The van der Waals surface area contributed by atoms with E-state index in [2.05, 4.69) is 17.6 Å². The van der Waals surface area contributed by atoms with Gasteiger partial charge in [-0.3, -0.25) is 4.79 Å². The lowest BCUT2D eigenvalue weighted by atomic mass is 10.1. The van der Waals surface area contributed by atoms with E-state index in [0.29, 0.717) is 0 Å². The van der Waals surface area contributed by atoms with Crippen LogP contribution in [0.1, 0.15) is 35.7 Å². The van der Waals surface area contributed by atoms with E-state index >= 15 is 0 Å². The van der Waals surface area contributed by atoms with Crippen molar-refractivity contribution in [2.24, 2.45) is 0 Å². The molecule has 1 aliphatic heterocycles. The molecule has 100 valence electrons. The van der Waals surface area contributed by atoms with Gasteiger partial charge in [0.2, 0.25) is 0 Å². The number of hydrogen-bond donors (Lipinski definition) is 2. The third-order valence-electron chi connectivity index (χ3n) is 3.26. The second kappa shape index (κ2) is 7.39. The van der Waals surface area contributed by atoms with Crippen molar-refractivity contribution in [1.82, 2.24) is 10.6 Å². The number of aryl methyl sites for hydroxylation is 1. The SMILES string of the molecule is CCc1ccc(C(=O)N[C@@H]2CCCNC2)cc1.Cl. The van der Waals surface area contributed by atoms with E-state index in [-0.39, 0.29) is 24.4 Å². The minimum atomic E-state index is 0. The number of nitrogens with one attached hydrogen (secondary N) is 2. The average molecular weight is 269 g/mol. The molecule has 0 saturated carbocycles. The van der Waals surface area contributed by atoms with Gasteiger partial charge in [0.1, 0.15) is 0 Å². The lowest BCUT2D eigenvalue weighted by molar-refractivity contribution is 0.0930. The van der Waals surface area contributed by atoms with E-state index in [0.717, 1.165) is 37.9 Å². The van der Waals surface area contributed by atoms with Gasteiger partial charge >= 0.3 is 0 Å². The van der Waals surface area contributed by atoms with Crippen molar-refractivity contribution in [2.45, 2.75) is 32.2 Å². The van der Waals surface area contributed by atoms with Gasteiger partial charge in [-0.05, 0) is 43.5 Å². The Kier molecular flexibility index (Phi) is 6.16. The number of piperidine rings is 1. The van der Waals surface area contributed by atoms with Crippen LogP contribution in [0.2, 0.25) is 0 Å². The summed E-state index contributed by atoms with van der Waals surface area (Å²) < 4.78 is 0. The number of rotatable bonds is 3. The average Bonchev–Trinajstić information content (AvgIpc) is 2.40. The van der Waals surface area contributed by atoms with Crippen LogP contribution in [0, 0.1) is 0 Å². The van der Waals surface area contributed by atoms with Gasteiger partial charge in [0.05, 0.1) is 0 Å². The molecule has 0 radical (unpaired) electrons. The first-order valence-electron chi connectivity index (χ1n) is 6.40. The van der Waals surface area contributed by atoms with Crippen LogP contribution in [-0.2, 0) is 6.42 Å². The molecule has 4 heteroatoms. The van der Waals surface area contributed by atoms with Crippen LogP contribution in [0.5, 0.6) is 0 Å². The summed E-state index contributed by atoms with van der Waals surface area (Å²) in [7, 11) is 0. The second-order valence-electron chi connectivity index (χ2n) is 4.57. The maximum atomic E-state index is 12.0. The maximum absolute atomic E-state index is 12.0. The monoisotopic (exact) mass is 268 g/mol. The van der Waals surface area contributed by atoms with Gasteiger partial charge in [-0.2, -0.15) is 0 Å². The molecule has 1 atom stereocenters. The zero-order valence-electron chi connectivity index (χ0n) is 10.7. The van der Waals surface area contributed by atoms with Gasteiger partial charge in [-0.25, -0.2) is 0 Å². The van der Waals surface area contributed by atoms with E-state index in [4.69, 9.17) is 0 Å². The van der Waals surface area contributed by atoms with Crippen molar-refractivity contribution in [3.8, 4) is 0 Å². The van der Waals surface area contributed by atoms with Crippen LogP contribution in [0.4, 0.5) is 0 Å². The molecule has 3 nitrogen and oxygen atoms in total. The van der Waals surface area contributed by atoms with E-state index in [1.807, 2.05) is 24.3 Å². The number of halogens is 1. The predicted molar refractivity (Wildman–Crippen MR) is 76.4 cm³/mol. The molecule has 2 N–H and O–H groups in total. The third-order valence-corrected chi connectivity index (χ3v) is 3.26. The van der Waals surface area contributed by atoms with Crippen molar-refractivity contribution < 1.29 is 4.79 Å². The first kappa shape index (κ1) is 15.0. The van der Waals surface area contributed by atoms with Gasteiger partial charge in [0, 0.05) is 18.2 Å². The van der Waals surface area contributed by atoms with Gasteiger partial charge in [0.25, 0.3) is 5.91 Å². The second-order valence-corrected chi connectivity index (χ2v) is 4.57. The smallest absolute Gasteiger partial charge is 0.251 e. The number of benzene rings is 1. The summed E-state index contributed by atoms with van der Waals surface area (Å²) in [5.41, 5.74) is 2.02. The largest absolute Gasteiger partial charge is 0.348 e. The Bertz CT molecular complexity index is 372. The Balaban J connectivity index is 0.00000162. The lowest BCUT2D eigenvalue weighted by Crippen LogP contribution is -2.45. The van der Waals surface area contributed by atoms with Crippen molar-refractivity contribution >= 4 is 18.3 Å². The van der Waals surface area contributed by atoms with Gasteiger partial charge in [0.15, 0.2) is 0 Å². The Morgan fingerprint density at radius 1 is 1.39 bits per heavy atom. The summed E-state index contributed by atoms with van der Waals surface area (Å²) in [6.45, 7) is 4.07. The Hall–Kier alpha value is -1.06. The molecule has 1 aromatic carbocycles. The minimum absolute atomic E-state index is 0. The highest BCUT2D eigenvalue weighted by Gasteiger charge is 2.15. The molecule has 1 saturated heterocycles. The fourth-order valence-corrected chi connectivity index (χ4v) is 2.14. The van der Waals surface area contributed by atoms with Crippen LogP contribution in [-0.4, -0.2) is 25.0 Å². The molecule has 0 bridgehead atoms. The highest BCUT2D eigenvalue weighted by atomic mass is 35.5. The molecule has 0 aliphatic carbocycles. The lowest BCUT2D eigenvalue weighted by Gasteiger charge is -2.23. The highest BCUT2D eigenvalue weighted by molar-refractivity contribution is 5.94. The number of carbonyl (C=O) groups excluding carboxylic acids is 1. The topological polar surface area (TPSA) is 41.1 Å². The predicted octanol–water partition coefficient (Wildman–Crippen LogP) is 2.15. The highest BCUT2D eigenvalue weighted by Crippen LogP contribution is 2.07. The summed E-state index contributed by atoms with van der Waals surface area (Å²) in [4.78, 5) is 12.0. The molecular formula is C14H21ClN2O. The standard InChI is InChI=1S/C14H20N2O.ClH/c1-2-11-5-7-12(8-6-11)14(17)16-13-4-3-9-15-10-13;/h5-8,13,15H,2-4,9-10H2,1H3,(H,16,17);1H/t13-;/m1./s1. The van der Waals surface area contributed by atoms with Crippen LogP contribution < -0.4 is 10.6 Å². The number of carbonyl (C=O) groups is 1.